The molecule has 0 bridgehead atoms. The zero-order valence-electron chi connectivity index (χ0n) is 11.3. The van der Waals surface area contributed by atoms with Crippen molar-refractivity contribution in [2.45, 2.75) is 18.4 Å². The van der Waals surface area contributed by atoms with Crippen LogP contribution in [0.25, 0.3) is 11.1 Å². The van der Waals surface area contributed by atoms with Crippen LogP contribution in [0.5, 0.6) is 0 Å². The van der Waals surface area contributed by atoms with Gasteiger partial charge in [-0.15, -0.1) is 0 Å². The van der Waals surface area contributed by atoms with Crippen molar-refractivity contribution in [3.05, 3.63) is 60.2 Å². The van der Waals surface area contributed by atoms with Crippen molar-refractivity contribution in [1.29, 1.82) is 0 Å². The quantitative estimate of drug-likeness (QED) is 0.850. The highest BCUT2D eigenvalue weighted by Gasteiger charge is 2.33. The number of hydrogen-bond acceptors (Lipinski definition) is 2. The number of aliphatic hydroxyl groups is 1. The molecule has 0 unspecified atom stereocenters. The maximum absolute atomic E-state index is 10.7. The van der Waals surface area contributed by atoms with Crippen LogP contribution in [0.1, 0.15) is 18.4 Å². The monoisotopic (exact) mass is 287 g/mol. The maximum Gasteiger partial charge on any atom is 0.0921 e. The second kappa shape index (κ2) is 5.57. The zero-order valence-corrected chi connectivity index (χ0v) is 12.1. The Balaban J connectivity index is 1.83. The summed E-state index contributed by atoms with van der Waals surface area (Å²) in [6.45, 7) is 1.44. The Morgan fingerprint density at radius 3 is 2.00 bits per heavy atom. The molecule has 0 spiro atoms. The molecule has 0 aromatic heterocycles. The number of rotatable bonds is 2. The SMILES string of the molecule is OC1(c2ccc(-c3ccccc3)cc2)CCN(Cl)CC1. The largest absolute Gasteiger partial charge is 0.385 e. The van der Waals surface area contributed by atoms with Crippen molar-refractivity contribution in [2.24, 2.45) is 0 Å². The first-order valence-electron chi connectivity index (χ1n) is 6.96. The van der Waals surface area contributed by atoms with Crippen LogP contribution in [0.3, 0.4) is 0 Å². The van der Waals surface area contributed by atoms with E-state index in [-0.39, 0.29) is 0 Å². The van der Waals surface area contributed by atoms with E-state index in [9.17, 15) is 5.11 Å². The van der Waals surface area contributed by atoms with E-state index < -0.39 is 5.60 Å². The van der Waals surface area contributed by atoms with Gasteiger partial charge >= 0.3 is 0 Å². The van der Waals surface area contributed by atoms with Gasteiger partial charge in [-0.3, -0.25) is 0 Å². The first-order chi connectivity index (χ1) is 9.67. The fourth-order valence-corrected chi connectivity index (χ4v) is 2.91. The van der Waals surface area contributed by atoms with Crippen LogP contribution in [-0.2, 0) is 5.60 Å². The summed E-state index contributed by atoms with van der Waals surface area (Å²) < 4.78 is 1.74. The summed E-state index contributed by atoms with van der Waals surface area (Å²) in [6, 6.07) is 18.5. The number of benzene rings is 2. The van der Waals surface area contributed by atoms with Gasteiger partial charge in [-0.25, -0.2) is 4.42 Å². The van der Waals surface area contributed by atoms with Crippen LogP contribution >= 0.6 is 11.8 Å². The Morgan fingerprint density at radius 1 is 0.850 bits per heavy atom. The van der Waals surface area contributed by atoms with Gasteiger partial charge in [-0.1, -0.05) is 54.6 Å². The van der Waals surface area contributed by atoms with Crippen molar-refractivity contribution in [3.8, 4) is 11.1 Å². The molecule has 1 fully saturated rings. The molecule has 1 aliphatic rings. The lowest BCUT2D eigenvalue weighted by Crippen LogP contribution is -2.38. The molecule has 1 N–H and O–H groups in total. The molecular formula is C17H18ClNO. The summed E-state index contributed by atoms with van der Waals surface area (Å²) in [5, 5.41) is 10.7. The van der Waals surface area contributed by atoms with Crippen LogP contribution in [0, 0.1) is 0 Å². The van der Waals surface area contributed by atoms with Crippen molar-refractivity contribution in [1.82, 2.24) is 4.42 Å². The van der Waals surface area contributed by atoms with Crippen molar-refractivity contribution in [3.63, 3.8) is 0 Å². The molecule has 0 radical (unpaired) electrons. The summed E-state index contributed by atoms with van der Waals surface area (Å²) in [5.41, 5.74) is 2.62. The van der Waals surface area contributed by atoms with Gasteiger partial charge in [0.2, 0.25) is 0 Å². The highest BCUT2D eigenvalue weighted by molar-refractivity contribution is 6.13. The summed E-state index contributed by atoms with van der Waals surface area (Å²) in [5.74, 6) is 0. The average Bonchev–Trinajstić information content (AvgIpc) is 2.52. The van der Waals surface area contributed by atoms with E-state index in [0.717, 1.165) is 18.7 Å². The topological polar surface area (TPSA) is 23.5 Å². The molecule has 104 valence electrons. The molecule has 1 saturated heterocycles. The van der Waals surface area contributed by atoms with Crippen LogP contribution < -0.4 is 0 Å². The van der Waals surface area contributed by atoms with Crippen molar-refractivity contribution >= 4 is 11.8 Å². The van der Waals surface area contributed by atoms with Gasteiger partial charge in [-0.05, 0) is 41.3 Å². The number of nitrogens with zero attached hydrogens (tertiary/aromatic N) is 1. The minimum absolute atomic E-state index is 0.682. The predicted octanol–water partition coefficient (Wildman–Crippen LogP) is 3.79. The van der Waals surface area contributed by atoms with E-state index in [1.165, 1.54) is 11.1 Å². The van der Waals surface area contributed by atoms with E-state index >= 15 is 0 Å². The molecule has 0 amide bonds. The predicted molar refractivity (Wildman–Crippen MR) is 82.4 cm³/mol. The van der Waals surface area contributed by atoms with Crippen LogP contribution in [-0.4, -0.2) is 22.6 Å². The van der Waals surface area contributed by atoms with Gasteiger partial charge in [0.05, 0.1) is 5.60 Å². The lowest BCUT2D eigenvalue weighted by Gasteiger charge is -2.35. The van der Waals surface area contributed by atoms with Gasteiger partial charge in [0.1, 0.15) is 0 Å². The first kappa shape index (κ1) is 13.6. The van der Waals surface area contributed by atoms with Crippen molar-refractivity contribution < 1.29 is 5.11 Å². The van der Waals surface area contributed by atoms with Gasteiger partial charge in [-0.2, -0.15) is 0 Å². The summed E-state index contributed by atoms with van der Waals surface area (Å²) in [6.07, 6.45) is 1.36. The van der Waals surface area contributed by atoms with E-state index in [0.29, 0.717) is 12.8 Å². The molecule has 0 atom stereocenters. The second-order valence-electron chi connectivity index (χ2n) is 5.38. The molecule has 20 heavy (non-hydrogen) atoms. The fourth-order valence-electron chi connectivity index (χ4n) is 2.74. The van der Waals surface area contributed by atoms with Crippen LogP contribution in [0.15, 0.2) is 54.6 Å². The third-order valence-corrected chi connectivity index (χ3v) is 4.40. The average molecular weight is 288 g/mol. The fraction of sp³-hybridized carbons (Fsp3) is 0.294. The number of halogens is 1. The minimum atomic E-state index is -0.736. The number of hydrogen-bond donors (Lipinski definition) is 1. The number of piperidine rings is 1. The normalized spacial score (nSPS) is 18.9. The third kappa shape index (κ3) is 2.73. The smallest absolute Gasteiger partial charge is 0.0921 e. The summed E-state index contributed by atoms with van der Waals surface area (Å²) >= 11 is 5.96. The Hall–Kier alpha value is -1.35. The van der Waals surface area contributed by atoms with E-state index in [1.807, 2.05) is 30.3 Å². The minimum Gasteiger partial charge on any atom is -0.385 e. The van der Waals surface area contributed by atoms with E-state index in [4.69, 9.17) is 11.8 Å². The van der Waals surface area contributed by atoms with Gasteiger partial charge in [0, 0.05) is 13.1 Å². The molecule has 1 aliphatic heterocycles. The molecule has 0 aliphatic carbocycles. The maximum atomic E-state index is 10.7. The molecule has 3 rings (SSSR count). The summed E-state index contributed by atoms with van der Waals surface area (Å²) in [4.78, 5) is 0. The standard InChI is InChI=1S/C17H18ClNO/c18-19-12-10-17(20,11-13-19)16-8-6-15(7-9-16)14-4-2-1-3-5-14/h1-9,20H,10-13H2. The third-order valence-electron chi connectivity index (χ3n) is 4.07. The van der Waals surface area contributed by atoms with E-state index in [1.54, 1.807) is 4.42 Å². The van der Waals surface area contributed by atoms with Crippen LogP contribution in [0.2, 0.25) is 0 Å². The molecule has 2 aromatic rings. The molecule has 0 saturated carbocycles. The lowest BCUT2D eigenvalue weighted by atomic mass is 9.84. The Bertz CT molecular complexity index is 559. The molecule has 3 heteroatoms. The first-order valence-corrected chi connectivity index (χ1v) is 7.30. The Labute approximate surface area is 124 Å². The van der Waals surface area contributed by atoms with Gasteiger partial charge in [0.15, 0.2) is 0 Å². The summed E-state index contributed by atoms with van der Waals surface area (Å²) in [7, 11) is 0. The van der Waals surface area contributed by atoms with Crippen LogP contribution in [0.4, 0.5) is 0 Å². The highest BCUT2D eigenvalue weighted by atomic mass is 35.5. The second-order valence-corrected chi connectivity index (χ2v) is 5.86. The Morgan fingerprint density at radius 2 is 1.40 bits per heavy atom. The van der Waals surface area contributed by atoms with Gasteiger partial charge < -0.3 is 5.11 Å². The molecular weight excluding hydrogens is 270 g/mol. The Kier molecular flexibility index (Phi) is 3.79. The molecule has 2 aromatic carbocycles. The zero-order chi connectivity index (χ0) is 14.0. The van der Waals surface area contributed by atoms with Crippen molar-refractivity contribution in [2.75, 3.05) is 13.1 Å². The molecule has 1 heterocycles. The highest BCUT2D eigenvalue weighted by Crippen LogP contribution is 2.34. The molecule has 2 nitrogen and oxygen atoms in total. The lowest BCUT2D eigenvalue weighted by molar-refractivity contribution is -0.00942. The van der Waals surface area contributed by atoms with Gasteiger partial charge in [0.25, 0.3) is 0 Å². The van der Waals surface area contributed by atoms with E-state index in [2.05, 4.69) is 24.3 Å².